The van der Waals surface area contributed by atoms with Crippen LogP contribution in [-0.2, 0) is 13.1 Å². The highest BCUT2D eigenvalue weighted by Crippen LogP contribution is 2.14. The van der Waals surface area contributed by atoms with Crippen molar-refractivity contribution in [3.63, 3.8) is 0 Å². The minimum atomic E-state index is 0.547. The fourth-order valence-corrected chi connectivity index (χ4v) is 2.50. The van der Waals surface area contributed by atoms with E-state index < -0.39 is 0 Å². The Morgan fingerprint density at radius 3 is 2.89 bits per heavy atom. The maximum Gasteiger partial charge on any atom is 0.191 e. The fraction of sp³-hybridized carbons (Fsp3) is 0.357. The van der Waals surface area contributed by atoms with Gasteiger partial charge in [-0.3, -0.25) is 0 Å². The Bertz CT molecular complexity index is 517. The van der Waals surface area contributed by atoms with Crippen LogP contribution in [0, 0.1) is 6.92 Å². The zero-order chi connectivity index (χ0) is 13.5. The number of hydrogen-bond donors (Lipinski definition) is 2. The number of guanidine groups is 1. The molecule has 0 saturated carbocycles. The Morgan fingerprint density at radius 1 is 1.37 bits per heavy atom. The summed E-state index contributed by atoms with van der Waals surface area (Å²) in [5.74, 6) is 1.68. The van der Waals surface area contributed by atoms with Crippen LogP contribution in [0.1, 0.15) is 23.1 Å². The van der Waals surface area contributed by atoms with Gasteiger partial charge in [-0.2, -0.15) is 0 Å². The number of nitrogens with zero attached hydrogens (tertiary/aromatic N) is 1. The van der Waals surface area contributed by atoms with E-state index in [1.54, 1.807) is 17.6 Å². The van der Waals surface area contributed by atoms with Crippen molar-refractivity contribution >= 4 is 17.3 Å². The van der Waals surface area contributed by atoms with Gasteiger partial charge in [0.15, 0.2) is 5.96 Å². The van der Waals surface area contributed by atoms with E-state index in [9.17, 15) is 0 Å². The van der Waals surface area contributed by atoms with Gasteiger partial charge in [-0.05, 0) is 43.0 Å². The van der Waals surface area contributed by atoms with Crippen LogP contribution in [0.4, 0.5) is 0 Å². The van der Waals surface area contributed by atoms with Crippen molar-refractivity contribution in [3.8, 4) is 0 Å². The zero-order valence-corrected chi connectivity index (χ0v) is 12.1. The topological polar surface area (TPSA) is 49.6 Å². The Kier molecular flexibility index (Phi) is 5.03. The molecule has 2 N–H and O–H groups in total. The molecule has 5 heteroatoms. The molecule has 4 nitrogen and oxygen atoms in total. The van der Waals surface area contributed by atoms with Crippen LogP contribution in [0.3, 0.4) is 0 Å². The van der Waals surface area contributed by atoms with Gasteiger partial charge in [-0.25, -0.2) is 4.99 Å². The molecule has 2 aromatic heterocycles. The Hall–Kier alpha value is -1.75. The van der Waals surface area contributed by atoms with E-state index in [0.717, 1.165) is 24.8 Å². The van der Waals surface area contributed by atoms with Crippen molar-refractivity contribution in [3.05, 3.63) is 46.0 Å². The Balaban J connectivity index is 1.92. The molecule has 0 spiro atoms. The third kappa shape index (κ3) is 4.13. The van der Waals surface area contributed by atoms with Crippen LogP contribution in [0.15, 0.2) is 39.3 Å². The number of aliphatic imine (C=N–C) groups is 1. The number of furan rings is 1. The number of aryl methyl sites for hydroxylation is 1. The molecule has 0 fully saturated rings. The molecule has 0 amide bonds. The van der Waals surface area contributed by atoms with Gasteiger partial charge in [0.05, 0.1) is 12.8 Å². The molecule has 0 radical (unpaired) electrons. The van der Waals surface area contributed by atoms with Crippen molar-refractivity contribution in [2.75, 3.05) is 6.54 Å². The third-order valence-corrected chi connectivity index (χ3v) is 3.72. The first-order chi connectivity index (χ1) is 9.29. The average molecular weight is 277 g/mol. The molecular weight excluding hydrogens is 258 g/mol. The van der Waals surface area contributed by atoms with E-state index in [1.807, 2.05) is 12.1 Å². The van der Waals surface area contributed by atoms with Crippen LogP contribution in [0.5, 0.6) is 0 Å². The predicted molar refractivity (Wildman–Crippen MR) is 79.4 cm³/mol. The van der Waals surface area contributed by atoms with Crippen LogP contribution in [-0.4, -0.2) is 12.5 Å². The lowest BCUT2D eigenvalue weighted by Crippen LogP contribution is -2.36. The quantitative estimate of drug-likeness (QED) is 0.652. The first kappa shape index (κ1) is 13.7. The summed E-state index contributed by atoms with van der Waals surface area (Å²) in [5.41, 5.74) is 1.32. The molecule has 2 heterocycles. The smallest absolute Gasteiger partial charge is 0.191 e. The lowest BCUT2D eigenvalue weighted by molar-refractivity contribution is 0.512. The van der Waals surface area contributed by atoms with Crippen LogP contribution in [0.2, 0.25) is 0 Å². The van der Waals surface area contributed by atoms with Gasteiger partial charge >= 0.3 is 0 Å². The standard InChI is InChI=1S/C14H19N3OS/c1-3-15-14(16-9-12-5-4-7-18-12)17-10-13-11(2)6-8-19-13/h4-8H,3,9-10H2,1-2H3,(H2,15,16,17). The van der Waals surface area contributed by atoms with Crippen molar-refractivity contribution in [1.82, 2.24) is 10.6 Å². The van der Waals surface area contributed by atoms with Crippen LogP contribution in [0.25, 0.3) is 0 Å². The maximum absolute atomic E-state index is 5.27. The summed E-state index contributed by atoms with van der Waals surface area (Å²) in [6, 6.07) is 5.94. The van der Waals surface area contributed by atoms with Crippen LogP contribution >= 0.6 is 11.3 Å². The average Bonchev–Trinajstić information content (AvgIpc) is 3.04. The number of thiophene rings is 1. The second-order valence-corrected chi connectivity index (χ2v) is 5.16. The van der Waals surface area contributed by atoms with E-state index >= 15 is 0 Å². The SMILES string of the molecule is CCNC(=NCc1ccco1)NCc1sccc1C. The minimum absolute atomic E-state index is 0.547. The molecular formula is C14H19N3OS. The first-order valence-corrected chi connectivity index (χ1v) is 7.25. The van der Waals surface area contributed by atoms with E-state index in [4.69, 9.17) is 4.42 Å². The lowest BCUT2D eigenvalue weighted by Gasteiger charge is -2.10. The lowest BCUT2D eigenvalue weighted by atomic mass is 10.3. The molecule has 19 heavy (non-hydrogen) atoms. The van der Waals surface area contributed by atoms with Crippen molar-refractivity contribution < 1.29 is 4.42 Å². The summed E-state index contributed by atoms with van der Waals surface area (Å²) in [5, 5.41) is 8.67. The van der Waals surface area contributed by atoms with Gasteiger partial charge in [0.25, 0.3) is 0 Å². The summed E-state index contributed by atoms with van der Waals surface area (Å²) >= 11 is 1.76. The predicted octanol–water partition coefficient (Wildman–Crippen LogP) is 2.90. The molecule has 0 aliphatic carbocycles. The summed E-state index contributed by atoms with van der Waals surface area (Å²) in [7, 11) is 0. The molecule has 0 atom stereocenters. The fourth-order valence-electron chi connectivity index (χ4n) is 1.65. The number of rotatable bonds is 5. The molecule has 0 aromatic carbocycles. The molecule has 2 aromatic rings. The largest absolute Gasteiger partial charge is 0.467 e. The molecule has 2 rings (SSSR count). The zero-order valence-electron chi connectivity index (χ0n) is 11.3. The third-order valence-electron chi connectivity index (χ3n) is 2.70. The molecule has 102 valence electrons. The maximum atomic E-state index is 5.27. The first-order valence-electron chi connectivity index (χ1n) is 6.37. The van der Waals surface area contributed by atoms with Gasteiger partial charge in [0.2, 0.25) is 0 Å². The van der Waals surface area contributed by atoms with Gasteiger partial charge in [-0.15, -0.1) is 11.3 Å². The second kappa shape index (κ2) is 6.99. The molecule has 0 aliphatic rings. The second-order valence-electron chi connectivity index (χ2n) is 4.15. The molecule has 0 unspecified atom stereocenters. The summed E-state index contributed by atoms with van der Waals surface area (Å²) in [4.78, 5) is 5.83. The van der Waals surface area contributed by atoms with Gasteiger partial charge in [-0.1, -0.05) is 0 Å². The van der Waals surface area contributed by atoms with E-state index in [2.05, 4.69) is 40.9 Å². The number of hydrogen-bond acceptors (Lipinski definition) is 3. The monoisotopic (exact) mass is 277 g/mol. The Morgan fingerprint density at radius 2 is 2.26 bits per heavy atom. The summed E-state index contributed by atoms with van der Waals surface area (Å²) < 4.78 is 5.27. The molecule has 0 saturated heterocycles. The van der Waals surface area contributed by atoms with Gasteiger partial charge < -0.3 is 15.1 Å². The van der Waals surface area contributed by atoms with Crippen molar-refractivity contribution in [2.24, 2.45) is 4.99 Å². The van der Waals surface area contributed by atoms with Crippen LogP contribution < -0.4 is 10.6 Å². The highest BCUT2D eigenvalue weighted by molar-refractivity contribution is 7.10. The molecule has 0 bridgehead atoms. The highest BCUT2D eigenvalue weighted by Gasteiger charge is 2.02. The normalized spacial score (nSPS) is 11.6. The van der Waals surface area contributed by atoms with Crippen molar-refractivity contribution in [1.29, 1.82) is 0 Å². The summed E-state index contributed by atoms with van der Waals surface area (Å²) in [6.07, 6.45) is 1.67. The Labute approximate surface area is 117 Å². The number of nitrogens with one attached hydrogen (secondary N) is 2. The highest BCUT2D eigenvalue weighted by atomic mass is 32.1. The van der Waals surface area contributed by atoms with E-state index in [0.29, 0.717) is 6.54 Å². The van der Waals surface area contributed by atoms with E-state index in [-0.39, 0.29) is 0 Å². The van der Waals surface area contributed by atoms with Gasteiger partial charge in [0.1, 0.15) is 12.3 Å². The van der Waals surface area contributed by atoms with E-state index in [1.165, 1.54) is 10.4 Å². The van der Waals surface area contributed by atoms with Crippen molar-refractivity contribution in [2.45, 2.75) is 26.9 Å². The molecule has 0 aliphatic heterocycles. The summed E-state index contributed by atoms with van der Waals surface area (Å²) in [6.45, 7) is 6.37. The minimum Gasteiger partial charge on any atom is -0.467 e. The van der Waals surface area contributed by atoms with Gasteiger partial charge in [0, 0.05) is 11.4 Å².